The van der Waals surface area contributed by atoms with Gasteiger partial charge in [-0.15, -0.1) is 0 Å². The zero-order valence-corrected chi connectivity index (χ0v) is 9.37. The Hall–Kier alpha value is -1.05. The van der Waals surface area contributed by atoms with Crippen molar-refractivity contribution in [2.24, 2.45) is 0 Å². The van der Waals surface area contributed by atoms with Gasteiger partial charge in [-0.2, -0.15) is 5.10 Å². The van der Waals surface area contributed by atoms with Gasteiger partial charge in [-0.1, -0.05) is 0 Å². The van der Waals surface area contributed by atoms with Crippen molar-refractivity contribution in [1.82, 2.24) is 9.78 Å². The molecule has 78 valence electrons. The molecule has 15 heavy (non-hydrogen) atoms. The first-order valence-corrected chi connectivity index (χ1v) is 5.01. The Morgan fingerprint density at radius 2 is 1.73 bits per heavy atom. The van der Waals surface area contributed by atoms with Crippen molar-refractivity contribution in [2.75, 3.05) is 0 Å². The van der Waals surface area contributed by atoms with E-state index in [2.05, 4.69) is 5.10 Å². The topological polar surface area (TPSA) is 17.8 Å². The molecule has 2 aromatic rings. The van der Waals surface area contributed by atoms with Crippen molar-refractivity contribution < 1.29 is 13.2 Å². The summed E-state index contributed by atoms with van der Waals surface area (Å²) in [5.74, 6) is -2.91. The van der Waals surface area contributed by atoms with Crippen LogP contribution in [0.2, 0.25) is 0 Å². The predicted molar refractivity (Wildman–Crippen MR) is 56.2 cm³/mol. The highest BCUT2D eigenvalue weighted by atomic mass is 127. The smallest absolute Gasteiger partial charge is 0.154 e. The number of nitrogens with zero attached hydrogens (tertiary/aromatic N) is 2. The van der Waals surface area contributed by atoms with Crippen LogP contribution in [0.3, 0.4) is 0 Å². The number of benzene rings is 1. The van der Waals surface area contributed by atoms with E-state index in [4.69, 9.17) is 0 Å². The van der Waals surface area contributed by atoms with Crippen molar-refractivity contribution in [3.63, 3.8) is 0 Å². The standard InChI is InChI=1S/C9H4F3IN2/c10-5-1-7(11)9(8(12)2-5)15-4-6(13)3-14-15/h1-4H. The average molecular weight is 324 g/mol. The van der Waals surface area contributed by atoms with Gasteiger partial charge in [0.1, 0.15) is 11.5 Å². The van der Waals surface area contributed by atoms with Crippen LogP contribution in [0, 0.1) is 21.0 Å². The lowest BCUT2D eigenvalue weighted by atomic mass is 10.3. The molecule has 2 nitrogen and oxygen atoms in total. The van der Waals surface area contributed by atoms with Crippen LogP contribution in [0.15, 0.2) is 24.5 Å². The SMILES string of the molecule is Fc1cc(F)c(-n2cc(I)cn2)c(F)c1. The lowest BCUT2D eigenvalue weighted by Crippen LogP contribution is -2.02. The van der Waals surface area contributed by atoms with Crippen molar-refractivity contribution in [1.29, 1.82) is 0 Å². The minimum Gasteiger partial charge on any atom is -0.234 e. The Bertz CT molecular complexity index is 487. The van der Waals surface area contributed by atoms with Crippen LogP contribution in [-0.4, -0.2) is 9.78 Å². The van der Waals surface area contributed by atoms with Crippen LogP contribution >= 0.6 is 22.6 Å². The van der Waals surface area contributed by atoms with Gasteiger partial charge in [0.25, 0.3) is 0 Å². The largest absolute Gasteiger partial charge is 0.234 e. The molecule has 1 heterocycles. The van der Waals surface area contributed by atoms with E-state index in [9.17, 15) is 13.2 Å². The van der Waals surface area contributed by atoms with Gasteiger partial charge in [0, 0.05) is 18.3 Å². The van der Waals surface area contributed by atoms with Gasteiger partial charge in [0.2, 0.25) is 0 Å². The van der Waals surface area contributed by atoms with Gasteiger partial charge in [-0.05, 0) is 22.6 Å². The van der Waals surface area contributed by atoms with Crippen molar-refractivity contribution >= 4 is 22.6 Å². The second kappa shape index (κ2) is 3.84. The molecular weight excluding hydrogens is 320 g/mol. The summed E-state index contributed by atoms with van der Waals surface area (Å²) in [6.45, 7) is 0. The van der Waals surface area contributed by atoms with E-state index < -0.39 is 17.5 Å². The second-order valence-corrected chi connectivity index (χ2v) is 4.07. The zero-order chi connectivity index (χ0) is 11.0. The number of hydrogen-bond acceptors (Lipinski definition) is 1. The summed E-state index contributed by atoms with van der Waals surface area (Å²) in [7, 11) is 0. The highest BCUT2D eigenvalue weighted by molar-refractivity contribution is 14.1. The van der Waals surface area contributed by atoms with Crippen LogP contribution in [0.1, 0.15) is 0 Å². The average Bonchev–Trinajstić information content (AvgIpc) is 2.49. The summed E-state index contributed by atoms with van der Waals surface area (Å²) in [5.41, 5.74) is -0.376. The highest BCUT2D eigenvalue weighted by Crippen LogP contribution is 2.19. The molecule has 0 saturated heterocycles. The van der Waals surface area contributed by atoms with E-state index in [1.165, 1.54) is 12.4 Å². The molecule has 2 rings (SSSR count). The van der Waals surface area contributed by atoms with Gasteiger partial charge in [0.15, 0.2) is 11.6 Å². The third-order valence-electron chi connectivity index (χ3n) is 1.76. The van der Waals surface area contributed by atoms with Gasteiger partial charge in [-0.3, -0.25) is 0 Å². The molecule has 0 saturated carbocycles. The maximum Gasteiger partial charge on any atom is 0.154 e. The third kappa shape index (κ3) is 1.99. The molecule has 0 radical (unpaired) electrons. The van der Waals surface area contributed by atoms with Gasteiger partial charge in [-0.25, -0.2) is 17.9 Å². The fourth-order valence-electron chi connectivity index (χ4n) is 1.18. The highest BCUT2D eigenvalue weighted by Gasteiger charge is 2.13. The monoisotopic (exact) mass is 324 g/mol. The summed E-state index contributed by atoms with van der Waals surface area (Å²) >= 11 is 1.96. The summed E-state index contributed by atoms with van der Waals surface area (Å²) in [5, 5.41) is 3.74. The zero-order valence-electron chi connectivity index (χ0n) is 7.22. The van der Waals surface area contributed by atoms with E-state index in [1.54, 1.807) is 0 Å². The van der Waals surface area contributed by atoms with Gasteiger partial charge in [0.05, 0.1) is 9.77 Å². The normalized spacial score (nSPS) is 10.7. The molecule has 1 aromatic carbocycles. The van der Waals surface area contributed by atoms with E-state index in [1.807, 2.05) is 22.6 Å². The minimum absolute atomic E-state index is 0.376. The van der Waals surface area contributed by atoms with E-state index >= 15 is 0 Å². The first-order chi connectivity index (χ1) is 7.08. The summed E-state index contributed by atoms with van der Waals surface area (Å²) in [6, 6.07) is 1.24. The molecular formula is C9H4F3IN2. The Labute approximate surface area is 96.9 Å². The molecule has 0 atom stereocenters. The molecule has 0 N–H and O–H groups in total. The first kappa shape index (κ1) is 10.5. The van der Waals surface area contributed by atoms with Gasteiger partial charge < -0.3 is 0 Å². The summed E-state index contributed by atoms with van der Waals surface area (Å²) in [6.07, 6.45) is 2.89. The molecule has 0 fully saturated rings. The third-order valence-corrected chi connectivity index (χ3v) is 2.32. The van der Waals surface area contributed by atoms with Crippen LogP contribution in [-0.2, 0) is 0 Å². The van der Waals surface area contributed by atoms with Crippen LogP contribution in [0.5, 0.6) is 0 Å². The number of aromatic nitrogens is 2. The molecule has 1 aromatic heterocycles. The Morgan fingerprint density at radius 3 is 2.20 bits per heavy atom. The molecule has 6 heteroatoms. The van der Waals surface area contributed by atoms with Crippen molar-refractivity contribution in [2.45, 2.75) is 0 Å². The van der Waals surface area contributed by atoms with Crippen molar-refractivity contribution in [3.8, 4) is 5.69 Å². The number of halogens is 4. The number of rotatable bonds is 1. The quantitative estimate of drug-likeness (QED) is 0.738. The maximum atomic E-state index is 13.3. The van der Waals surface area contributed by atoms with Crippen LogP contribution in [0.25, 0.3) is 5.69 Å². The van der Waals surface area contributed by atoms with E-state index in [-0.39, 0.29) is 5.69 Å². The van der Waals surface area contributed by atoms with Gasteiger partial charge >= 0.3 is 0 Å². The molecule has 0 unspecified atom stereocenters. The Balaban J connectivity index is 2.62. The predicted octanol–water partition coefficient (Wildman–Crippen LogP) is 2.89. The number of hydrogen-bond donors (Lipinski definition) is 0. The fourth-order valence-corrected chi connectivity index (χ4v) is 1.56. The fraction of sp³-hybridized carbons (Fsp3) is 0. The van der Waals surface area contributed by atoms with Crippen molar-refractivity contribution in [3.05, 3.63) is 45.5 Å². The lowest BCUT2D eigenvalue weighted by Gasteiger charge is -2.04. The first-order valence-electron chi connectivity index (χ1n) is 3.93. The summed E-state index contributed by atoms with van der Waals surface area (Å²) < 4.78 is 40.9. The molecule has 0 spiro atoms. The summed E-state index contributed by atoms with van der Waals surface area (Å²) in [4.78, 5) is 0. The minimum atomic E-state index is -0.980. The molecule has 0 amide bonds. The lowest BCUT2D eigenvalue weighted by molar-refractivity contribution is 0.528. The molecule has 0 aliphatic rings. The molecule has 0 aliphatic heterocycles. The van der Waals surface area contributed by atoms with Crippen LogP contribution in [0.4, 0.5) is 13.2 Å². The molecule has 0 aliphatic carbocycles. The maximum absolute atomic E-state index is 13.3. The second-order valence-electron chi connectivity index (χ2n) is 2.82. The van der Waals surface area contributed by atoms with E-state index in [0.717, 1.165) is 8.25 Å². The van der Waals surface area contributed by atoms with Crippen LogP contribution < -0.4 is 0 Å². The molecule has 0 bridgehead atoms. The van der Waals surface area contributed by atoms with E-state index in [0.29, 0.717) is 12.1 Å². The Morgan fingerprint density at radius 1 is 1.13 bits per heavy atom. The Kier molecular flexibility index (Phi) is 2.68.